The number of methoxy groups -OCH3 is 1. The van der Waals surface area contributed by atoms with Crippen LogP contribution in [-0.4, -0.2) is 57.5 Å². The Labute approximate surface area is 144 Å². The van der Waals surface area contributed by atoms with Gasteiger partial charge in [0.05, 0.1) is 18.8 Å². The van der Waals surface area contributed by atoms with E-state index in [0.29, 0.717) is 37.6 Å². The second kappa shape index (κ2) is 8.91. The molecule has 1 aliphatic heterocycles. The van der Waals surface area contributed by atoms with Crippen molar-refractivity contribution in [3.63, 3.8) is 0 Å². The van der Waals surface area contributed by atoms with Gasteiger partial charge in [0.15, 0.2) is 5.16 Å². The molecule has 1 N–H and O–H groups in total. The molecule has 24 heavy (non-hydrogen) atoms. The van der Waals surface area contributed by atoms with Gasteiger partial charge in [0, 0.05) is 19.6 Å². The zero-order chi connectivity index (χ0) is 17.5. The molecule has 1 amide bonds. The maximum atomic E-state index is 12.3. The fraction of sp³-hybridized carbons (Fsp3) is 0.733. The molecule has 1 aromatic heterocycles. The van der Waals surface area contributed by atoms with Gasteiger partial charge in [-0.2, -0.15) is 0 Å². The average Bonchev–Trinajstić information content (AvgIpc) is 2.97. The number of piperidine rings is 1. The SMILES string of the molecule is CCCCn1c(SCC(=O)N2CCC(C(=O)OC)CC2)n[nH]c1=O. The molecule has 1 saturated heterocycles. The van der Waals surface area contributed by atoms with E-state index < -0.39 is 0 Å². The third kappa shape index (κ3) is 4.62. The molecule has 0 aliphatic carbocycles. The van der Waals surface area contributed by atoms with Gasteiger partial charge in [-0.25, -0.2) is 9.89 Å². The summed E-state index contributed by atoms with van der Waals surface area (Å²) in [6, 6.07) is 0. The average molecular weight is 356 g/mol. The highest BCUT2D eigenvalue weighted by Gasteiger charge is 2.28. The number of hydrogen-bond acceptors (Lipinski definition) is 6. The van der Waals surface area contributed by atoms with Crippen molar-refractivity contribution in [2.24, 2.45) is 5.92 Å². The Balaban J connectivity index is 1.84. The van der Waals surface area contributed by atoms with Crippen LogP contribution in [-0.2, 0) is 20.9 Å². The number of ether oxygens (including phenoxy) is 1. The molecular weight excluding hydrogens is 332 g/mol. The maximum Gasteiger partial charge on any atom is 0.343 e. The second-order valence-electron chi connectivity index (χ2n) is 5.78. The number of amides is 1. The highest BCUT2D eigenvalue weighted by Crippen LogP contribution is 2.20. The van der Waals surface area contributed by atoms with Crippen molar-refractivity contribution in [3.05, 3.63) is 10.5 Å². The Kier molecular flexibility index (Phi) is 6.89. The molecule has 9 heteroatoms. The van der Waals surface area contributed by atoms with Crippen LogP contribution in [0, 0.1) is 5.92 Å². The first-order chi connectivity index (χ1) is 11.6. The fourth-order valence-corrected chi connectivity index (χ4v) is 3.55. The van der Waals surface area contributed by atoms with E-state index in [1.54, 1.807) is 9.47 Å². The number of hydrogen-bond donors (Lipinski definition) is 1. The third-order valence-corrected chi connectivity index (χ3v) is 5.13. The summed E-state index contributed by atoms with van der Waals surface area (Å²) in [7, 11) is 1.39. The van der Waals surface area contributed by atoms with Gasteiger partial charge in [-0.3, -0.25) is 14.2 Å². The van der Waals surface area contributed by atoms with E-state index in [-0.39, 0.29) is 29.2 Å². The third-order valence-electron chi connectivity index (χ3n) is 4.17. The van der Waals surface area contributed by atoms with Crippen LogP contribution in [0.4, 0.5) is 0 Å². The Morgan fingerprint density at radius 3 is 2.71 bits per heavy atom. The highest BCUT2D eigenvalue weighted by molar-refractivity contribution is 7.99. The van der Waals surface area contributed by atoms with Gasteiger partial charge in [0.1, 0.15) is 0 Å². The van der Waals surface area contributed by atoms with Crippen LogP contribution in [0.1, 0.15) is 32.6 Å². The lowest BCUT2D eigenvalue weighted by Gasteiger charge is -2.30. The van der Waals surface area contributed by atoms with Gasteiger partial charge in [-0.05, 0) is 19.3 Å². The number of nitrogens with zero attached hydrogens (tertiary/aromatic N) is 3. The molecule has 0 unspecified atom stereocenters. The van der Waals surface area contributed by atoms with E-state index in [9.17, 15) is 14.4 Å². The Bertz CT molecular complexity index is 619. The number of carbonyl (C=O) groups excluding carboxylic acids is 2. The largest absolute Gasteiger partial charge is 0.469 e. The molecule has 2 rings (SSSR count). The molecule has 134 valence electrons. The zero-order valence-corrected chi connectivity index (χ0v) is 14.9. The van der Waals surface area contributed by atoms with Gasteiger partial charge in [0.25, 0.3) is 0 Å². The van der Waals surface area contributed by atoms with Crippen LogP contribution in [0.25, 0.3) is 0 Å². The van der Waals surface area contributed by atoms with Crippen molar-refractivity contribution in [2.75, 3.05) is 26.0 Å². The minimum absolute atomic E-state index is 0.000747. The van der Waals surface area contributed by atoms with Crippen LogP contribution in [0.5, 0.6) is 0 Å². The van der Waals surface area contributed by atoms with E-state index in [1.807, 2.05) is 0 Å². The number of esters is 1. The lowest BCUT2D eigenvalue weighted by molar-refractivity contribution is -0.148. The quantitative estimate of drug-likeness (QED) is 0.575. The lowest BCUT2D eigenvalue weighted by atomic mass is 9.97. The number of rotatable bonds is 7. The Morgan fingerprint density at radius 2 is 2.08 bits per heavy atom. The summed E-state index contributed by atoms with van der Waals surface area (Å²) >= 11 is 1.27. The molecule has 8 nitrogen and oxygen atoms in total. The van der Waals surface area contributed by atoms with Crippen molar-refractivity contribution in [2.45, 2.75) is 44.3 Å². The van der Waals surface area contributed by atoms with Crippen LogP contribution in [0.2, 0.25) is 0 Å². The smallest absolute Gasteiger partial charge is 0.343 e. The van der Waals surface area contributed by atoms with Gasteiger partial charge in [0.2, 0.25) is 5.91 Å². The number of thioether (sulfide) groups is 1. The lowest BCUT2D eigenvalue weighted by Crippen LogP contribution is -2.41. The maximum absolute atomic E-state index is 12.3. The molecule has 0 radical (unpaired) electrons. The predicted octanol–water partition coefficient (Wildman–Crippen LogP) is 0.875. The summed E-state index contributed by atoms with van der Waals surface area (Å²) < 4.78 is 6.32. The van der Waals surface area contributed by atoms with Gasteiger partial charge in [-0.1, -0.05) is 25.1 Å². The molecule has 1 aliphatic rings. The van der Waals surface area contributed by atoms with Crippen molar-refractivity contribution >= 4 is 23.6 Å². The van der Waals surface area contributed by atoms with Crippen LogP contribution < -0.4 is 5.69 Å². The summed E-state index contributed by atoms with van der Waals surface area (Å²) in [5.74, 6) is -0.0785. The van der Waals surface area contributed by atoms with Crippen molar-refractivity contribution in [1.29, 1.82) is 0 Å². The number of carbonyl (C=O) groups is 2. The van der Waals surface area contributed by atoms with Gasteiger partial charge < -0.3 is 9.64 Å². The van der Waals surface area contributed by atoms with Gasteiger partial charge in [-0.15, -0.1) is 5.10 Å². The van der Waals surface area contributed by atoms with Crippen LogP contribution in [0.3, 0.4) is 0 Å². The second-order valence-corrected chi connectivity index (χ2v) is 6.73. The highest BCUT2D eigenvalue weighted by atomic mass is 32.2. The minimum Gasteiger partial charge on any atom is -0.469 e. The van der Waals surface area contributed by atoms with E-state index in [2.05, 4.69) is 17.1 Å². The van der Waals surface area contributed by atoms with Crippen molar-refractivity contribution in [1.82, 2.24) is 19.7 Å². The normalized spacial score (nSPS) is 15.5. The summed E-state index contributed by atoms with van der Waals surface area (Å²) in [5.41, 5.74) is -0.239. The number of unbranched alkanes of at least 4 members (excludes halogenated alkanes) is 1. The first-order valence-electron chi connectivity index (χ1n) is 8.20. The van der Waals surface area contributed by atoms with E-state index in [0.717, 1.165) is 12.8 Å². The number of nitrogens with one attached hydrogen (secondary N) is 1. The van der Waals surface area contributed by atoms with E-state index in [1.165, 1.54) is 18.9 Å². The first kappa shape index (κ1) is 18.6. The molecule has 1 aromatic rings. The molecule has 0 saturated carbocycles. The molecule has 0 aromatic carbocycles. The molecule has 1 fully saturated rings. The first-order valence-corrected chi connectivity index (χ1v) is 9.19. The zero-order valence-electron chi connectivity index (χ0n) is 14.1. The Hall–Kier alpha value is -1.77. The van der Waals surface area contributed by atoms with Crippen molar-refractivity contribution < 1.29 is 14.3 Å². The number of aromatic nitrogens is 3. The molecule has 0 atom stereocenters. The van der Waals surface area contributed by atoms with Crippen molar-refractivity contribution in [3.8, 4) is 0 Å². The Morgan fingerprint density at radius 1 is 1.38 bits per heavy atom. The predicted molar refractivity (Wildman–Crippen MR) is 89.8 cm³/mol. The standard InChI is InChI=1S/C15H24N4O4S/c1-3-4-7-19-14(22)16-17-15(19)24-10-12(20)18-8-5-11(6-9-18)13(21)23-2/h11H,3-10H2,1-2H3,(H,16,22). The van der Waals surface area contributed by atoms with Crippen LogP contribution in [0.15, 0.2) is 9.95 Å². The summed E-state index contributed by atoms with van der Waals surface area (Å²) in [5, 5.41) is 6.97. The molecule has 0 spiro atoms. The number of likely N-dealkylation sites (tertiary alicyclic amines) is 1. The number of aromatic amines is 1. The van der Waals surface area contributed by atoms with Gasteiger partial charge >= 0.3 is 11.7 Å². The number of H-pyrrole nitrogens is 1. The summed E-state index contributed by atoms with van der Waals surface area (Å²) in [4.78, 5) is 37.3. The van der Waals surface area contributed by atoms with Crippen LogP contribution >= 0.6 is 11.8 Å². The minimum atomic E-state index is -0.239. The summed E-state index contributed by atoms with van der Waals surface area (Å²) in [6.45, 7) is 3.77. The summed E-state index contributed by atoms with van der Waals surface area (Å²) in [6.07, 6.45) is 3.14. The monoisotopic (exact) mass is 356 g/mol. The fourth-order valence-electron chi connectivity index (χ4n) is 2.68. The molecule has 2 heterocycles. The molecular formula is C15H24N4O4S. The topological polar surface area (TPSA) is 97.3 Å². The van der Waals surface area contributed by atoms with E-state index in [4.69, 9.17) is 4.74 Å². The molecule has 0 bridgehead atoms. The van der Waals surface area contributed by atoms with E-state index >= 15 is 0 Å².